The zero-order valence-electron chi connectivity index (χ0n) is 7.79. The number of aromatic amines is 1. The molecule has 0 saturated heterocycles. The van der Waals surface area contributed by atoms with Crippen molar-refractivity contribution in [3.8, 4) is 0 Å². The molecule has 1 aliphatic carbocycles. The van der Waals surface area contributed by atoms with Crippen molar-refractivity contribution in [1.82, 2.24) is 9.97 Å². The summed E-state index contributed by atoms with van der Waals surface area (Å²) in [5, 5.41) is 9.18. The number of carbonyl (C=O) groups is 1. The largest absolute Gasteiger partial charge is 0.481 e. The molecule has 5 nitrogen and oxygen atoms in total. The first-order valence-electron chi connectivity index (χ1n) is 4.55. The van der Waals surface area contributed by atoms with Crippen molar-refractivity contribution in [2.75, 3.05) is 0 Å². The third-order valence-electron chi connectivity index (χ3n) is 2.87. The quantitative estimate of drug-likeness (QED) is 0.843. The number of H-pyrrole nitrogens is 1. The molecule has 15 heavy (non-hydrogen) atoms. The van der Waals surface area contributed by atoms with Crippen LogP contribution in [0.15, 0.2) is 15.6 Å². The van der Waals surface area contributed by atoms with Gasteiger partial charge in [0.25, 0.3) is 5.56 Å². The number of rotatable bonds is 2. The summed E-state index contributed by atoms with van der Waals surface area (Å²) >= 11 is 3.09. The molecule has 1 saturated carbocycles. The highest BCUT2D eigenvalue weighted by atomic mass is 79.9. The van der Waals surface area contributed by atoms with Gasteiger partial charge in [-0.3, -0.25) is 9.59 Å². The van der Waals surface area contributed by atoms with Gasteiger partial charge in [0, 0.05) is 0 Å². The Morgan fingerprint density at radius 2 is 2.27 bits per heavy atom. The molecular formula is C9H9BrN2O3. The summed E-state index contributed by atoms with van der Waals surface area (Å²) in [6.45, 7) is 0. The number of nitrogens with one attached hydrogen (secondary N) is 1. The van der Waals surface area contributed by atoms with Crippen molar-refractivity contribution in [1.29, 1.82) is 0 Å². The Morgan fingerprint density at radius 1 is 1.60 bits per heavy atom. The number of carboxylic acid groups (broad SMARTS) is 1. The number of aliphatic carboxylic acids is 1. The third kappa shape index (κ3) is 1.40. The SMILES string of the molecule is O=C(O)C1(c2nc[nH]c(=O)c2Br)CCC1. The maximum Gasteiger partial charge on any atom is 0.315 e. The summed E-state index contributed by atoms with van der Waals surface area (Å²) in [6.07, 6.45) is 3.17. The molecule has 2 rings (SSSR count). The summed E-state index contributed by atoms with van der Waals surface area (Å²) in [4.78, 5) is 28.9. The highest BCUT2D eigenvalue weighted by Crippen LogP contribution is 2.44. The first kappa shape index (κ1) is 10.4. The van der Waals surface area contributed by atoms with E-state index < -0.39 is 11.4 Å². The molecular weight excluding hydrogens is 264 g/mol. The summed E-state index contributed by atoms with van der Waals surface area (Å²) < 4.78 is 0.229. The van der Waals surface area contributed by atoms with E-state index in [9.17, 15) is 14.7 Å². The Balaban J connectivity index is 2.58. The normalized spacial score (nSPS) is 18.2. The van der Waals surface area contributed by atoms with E-state index in [1.807, 2.05) is 0 Å². The summed E-state index contributed by atoms with van der Waals surface area (Å²) in [6, 6.07) is 0. The van der Waals surface area contributed by atoms with Crippen LogP contribution in [0.5, 0.6) is 0 Å². The minimum atomic E-state index is -0.965. The van der Waals surface area contributed by atoms with Crippen molar-refractivity contribution in [3.63, 3.8) is 0 Å². The first-order chi connectivity index (χ1) is 7.08. The third-order valence-corrected chi connectivity index (χ3v) is 3.60. The second-order valence-electron chi connectivity index (χ2n) is 3.64. The monoisotopic (exact) mass is 272 g/mol. The van der Waals surface area contributed by atoms with Crippen molar-refractivity contribution in [3.05, 3.63) is 26.8 Å². The van der Waals surface area contributed by atoms with Crippen molar-refractivity contribution in [2.24, 2.45) is 0 Å². The van der Waals surface area contributed by atoms with Crippen LogP contribution in [0.1, 0.15) is 25.0 Å². The van der Waals surface area contributed by atoms with E-state index in [0.717, 1.165) is 6.42 Å². The zero-order valence-corrected chi connectivity index (χ0v) is 9.37. The van der Waals surface area contributed by atoms with Crippen LogP contribution in [0.3, 0.4) is 0 Å². The van der Waals surface area contributed by atoms with Crippen LogP contribution < -0.4 is 5.56 Å². The Morgan fingerprint density at radius 3 is 2.73 bits per heavy atom. The molecule has 1 heterocycles. The van der Waals surface area contributed by atoms with Gasteiger partial charge >= 0.3 is 5.97 Å². The number of aromatic nitrogens is 2. The lowest BCUT2D eigenvalue weighted by Crippen LogP contribution is -2.44. The van der Waals surface area contributed by atoms with Gasteiger partial charge in [-0.1, -0.05) is 6.42 Å². The summed E-state index contributed by atoms with van der Waals surface area (Å²) in [5.41, 5.74) is -0.967. The molecule has 6 heteroatoms. The van der Waals surface area contributed by atoms with E-state index in [0.29, 0.717) is 18.5 Å². The van der Waals surface area contributed by atoms with Crippen LogP contribution in [0.2, 0.25) is 0 Å². The van der Waals surface area contributed by atoms with Crippen LogP contribution in [-0.2, 0) is 10.2 Å². The maximum atomic E-state index is 11.3. The van der Waals surface area contributed by atoms with Gasteiger partial charge in [0.2, 0.25) is 0 Å². The molecule has 0 aromatic carbocycles. The standard InChI is InChI=1S/C9H9BrN2O3/c10-5-6(11-4-12-7(5)13)9(8(14)15)2-1-3-9/h4H,1-3H2,(H,14,15)(H,11,12,13). The fourth-order valence-electron chi connectivity index (χ4n) is 1.80. The van der Waals surface area contributed by atoms with Gasteiger partial charge in [0.1, 0.15) is 9.89 Å². The van der Waals surface area contributed by atoms with Gasteiger partial charge in [-0.15, -0.1) is 0 Å². The van der Waals surface area contributed by atoms with Gasteiger partial charge in [0.15, 0.2) is 0 Å². The molecule has 0 spiro atoms. The Bertz CT molecular complexity index is 465. The fourth-order valence-corrected chi connectivity index (χ4v) is 2.40. The first-order valence-corrected chi connectivity index (χ1v) is 5.34. The smallest absolute Gasteiger partial charge is 0.315 e. The minimum Gasteiger partial charge on any atom is -0.481 e. The topological polar surface area (TPSA) is 83.0 Å². The number of hydrogen-bond acceptors (Lipinski definition) is 3. The average molecular weight is 273 g/mol. The predicted molar refractivity (Wildman–Crippen MR) is 55.7 cm³/mol. The van der Waals surface area contributed by atoms with Gasteiger partial charge < -0.3 is 10.1 Å². The molecule has 1 aromatic rings. The molecule has 0 atom stereocenters. The Labute approximate surface area is 93.7 Å². The van der Waals surface area contributed by atoms with Gasteiger partial charge in [-0.25, -0.2) is 4.98 Å². The lowest BCUT2D eigenvalue weighted by atomic mass is 9.66. The van der Waals surface area contributed by atoms with E-state index in [2.05, 4.69) is 25.9 Å². The number of hydrogen-bond donors (Lipinski definition) is 2. The van der Waals surface area contributed by atoms with E-state index >= 15 is 0 Å². The highest BCUT2D eigenvalue weighted by Gasteiger charge is 2.48. The molecule has 0 unspecified atom stereocenters. The van der Waals surface area contributed by atoms with Crippen LogP contribution in [0, 0.1) is 0 Å². The second kappa shape index (κ2) is 3.44. The molecule has 2 N–H and O–H groups in total. The number of halogens is 1. The second-order valence-corrected chi connectivity index (χ2v) is 4.43. The molecule has 0 bridgehead atoms. The van der Waals surface area contributed by atoms with E-state index in [4.69, 9.17) is 0 Å². The number of carboxylic acids is 1. The average Bonchev–Trinajstić information content (AvgIpc) is 2.09. The lowest BCUT2D eigenvalue weighted by molar-refractivity contribution is -0.147. The summed E-state index contributed by atoms with van der Waals surface area (Å²) in [7, 11) is 0. The van der Waals surface area contributed by atoms with E-state index in [-0.39, 0.29) is 10.0 Å². The maximum absolute atomic E-state index is 11.3. The zero-order chi connectivity index (χ0) is 11.1. The van der Waals surface area contributed by atoms with E-state index in [1.165, 1.54) is 6.33 Å². The predicted octanol–water partition coefficient (Wildman–Crippen LogP) is 1.04. The highest BCUT2D eigenvalue weighted by molar-refractivity contribution is 9.10. The molecule has 80 valence electrons. The number of nitrogens with zero attached hydrogens (tertiary/aromatic N) is 1. The van der Waals surface area contributed by atoms with Gasteiger partial charge in [0.05, 0.1) is 12.0 Å². The Kier molecular flexibility index (Phi) is 2.38. The molecule has 1 fully saturated rings. The van der Waals surface area contributed by atoms with E-state index in [1.54, 1.807) is 0 Å². The van der Waals surface area contributed by atoms with Gasteiger partial charge in [-0.05, 0) is 28.8 Å². The van der Waals surface area contributed by atoms with Crippen LogP contribution in [0.4, 0.5) is 0 Å². The summed E-state index contributed by atoms with van der Waals surface area (Å²) in [5.74, 6) is -0.910. The Hall–Kier alpha value is -1.17. The van der Waals surface area contributed by atoms with Gasteiger partial charge in [-0.2, -0.15) is 0 Å². The minimum absolute atomic E-state index is 0.229. The lowest BCUT2D eigenvalue weighted by Gasteiger charge is -2.37. The molecule has 0 amide bonds. The fraction of sp³-hybridized carbons (Fsp3) is 0.444. The van der Waals surface area contributed by atoms with Crippen molar-refractivity contribution < 1.29 is 9.90 Å². The van der Waals surface area contributed by atoms with Crippen molar-refractivity contribution >= 4 is 21.9 Å². The van der Waals surface area contributed by atoms with Crippen LogP contribution in [0.25, 0.3) is 0 Å². The molecule has 0 radical (unpaired) electrons. The molecule has 1 aliphatic rings. The molecule has 0 aliphatic heterocycles. The van der Waals surface area contributed by atoms with Crippen LogP contribution in [-0.4, -0.2) is 21.0 Å². The molecule has 1 aromatic heterocycles. The van der Waals surface area contributed by atoms with Crippen molar-refractivity contribution in [2.45, 2.75) is 24.7 Å². The van der Waals surface area contributed by atoms with Crippen LogP contribution >= 0.6 is 15.9 Å².